The lowest BCUT2D eigenvalue weighted by Gasteiger charge is -2.12. The Morgan fingerprint density at radius 1 is 1.17 bits per heavy atom. The van der Waals surface area contributed by atoms with Gasteiger partial charge < -0.3 is 10.1 Å². The molecule has 1 N–H and O–H groups in total. The van der Waals surface area contributed by atoms with Crippen molar-refractivity contribution >= 4 is 52.7 Å². The van der Waals surface area contributed by atoms with Crippen LogP contribution in [0.1, 0.15) is 20.5 Å². The molecule has 0 unspecified atom stereocenters. The number of nitrogens with zero attached hydrogens (tertiary/aromatic N) is 3. The van der Waals surface area contributed by atoms with Gasteiger partial charge in [-0.2, -0.15) is 5.10 Å². The molecule has 1 aliphatic heterocycles. The van der Waals surface area contributed by atoms with Crippen molar-refractivity contribution in [1.29, 1.82) is 0 Å². The van der Waals surface area contributed by atoms with Crippen molar-refractivity contribution in [2.75, 3.05) is 23.4 Å². The molecule has 0 radical (unpaired) electrons. The number of anilines is 1. The predicted molar refractivity (Wildman–Crippen MR) is 119 cm³/mol. The Balaban J connectivity index is 1.36. The van der Waals surface area contributed by atoms with E-state index >= 15 is 0 Å². The number of esters is 1. The van der Waals surface area contributed by atoms with Crippen LogP contribution in [0.25, 0.3) is 5.69 Å². The number of carbonyl (C=O) groups is 2. The summed E-state index contributed by atoms with van der Waals surface area (Å²) in [4.78, 5) is 28.5. The number of ether oxygens (including phenoxy) is 1. The van der Waals surface area contributed by atoms with Crippen LogP contribution >= 0.6 is 35.1 Å². The molecule has 2 heterocycles. The molecule has 0 saturated carbocycles. The summed E-state index contributed by atoms with van der Waals surface area (Å²) in [5.41, 5.74) is 2.61. The van der Waals surface area contributed by atoms with Crippen LogP contribution < -0.4 is 5.32 Å². The standard InChI is InChI=1S/C20H17ClN4O3S2/c21-15-5-6-17(25-12-22-11-23-25)16(9-15)24-18(26)10-28-19(27)13-1-3-14(4-2-13)20-29-7-8-30-20/h1-6,9,11-12,20H,7-8,10H2,(H,24,26). The lowest BCUT2D eigenvalue weighted by molar-refractivity contribution is -0.119. The van der Waals surface area contributed by atoms with Gasteiger partial charge in [-0.3, -0.25) is 4.79 Å². The average molecular weight is 461 g/mol. The molecule has 3 aromatic rings. The van der Waals surface area contributed by atoms with Gasteiger partial charge in [0.1, 0.15) is 12.7 Å². The Morgan fingerprint density at radius 3 is 2.63 bits per heavy atom. The molecule has 1 aliphatic rings. The molecule has 1 saturated heterocycles. The average Bonchev–Trinajstić information content (AvgIpc) is 3.47. The number of carbonyl (C=O) groups excluding carboxylic acids is 2. The molecule has 0 spiro atoms. The first-order valence-corrected chi connectivity index (χ1v) is 11.5. The molecule has 30 heavy (non-hydrogen) atoms. The first-order valence-electron chi connectivity index (χ1n) is 9.05. The van der Waals surface area contributed by atoms with Crippen LogP contribution in [-0.4, -0.2) is 44.8 Å². The SMILES string of the molecule is O=C(COC(=O)c1ccc(C2SCCS2)cc1)Nc1cc(Cl)ccc1-n1cncn1. The van der Waals surface area contributed by atoms with Crippen molar-refractivity contribution in [2.24, 2.45) is 0 Å². The number of nitrogens with one attached hydrogen (secondary N) is 1. The molecule has 1 amide bonds. The predicted octanol–water partition coefficient (Wildman–Crippen LogP) is 4.19. The Bertz CT molecular complexity index is 1040. The smallest absolute Gasteiger partial charge is 0.338 e. The molecule has 2 aromatic carbocycles. The van der Waals surface area contributed by atoms with Crippen LogP contribution in [-0.2, 0) is 9.53 Å². The van der Waals surface area contributed by atoms with Crippen LogP contribution in [0.15, 0.2) is 55.1 Å². The highest BCUT2D eigenvalue weighted by Gasteiger charge is 2.19. The van der Waals surface area contributed by atoms with E-state index in [1.54, 1.807) is 30.3 Å². The molecule has 7 nitrogen and oxygen atoms in total. The number of amides is 1. The summed E-state index contributed by atoms with van der Waals surface area (Å²) in [6.45, 7) is -0.418. The maximum atomic E-state index is 12.3. The van der Waals surface area contributed by atoms with Gasteiger partial charge in [0.25, 0.3) is 5.91 Å². The topological polar surface area (TPSA) is 86.1 Å². The first-order chi connectivity index (χ1) is 14.6. The van der Waals surface area contributed by atoms with Crippen LogP contribution in [0.3, 0.4) is 0 Å². The lowest BCUT2D eigenvalue weighted by atomic mass is 10.1. The Labute approximate surface area is 186 Å². The van der Waals surface area contributed by atoms with Gasteiger partial charge in [-0.25, -0.2) is 14.5 Å². The van der Waals surface area contributed by atoms with E-state index in [0.29, 0.717) is 26.5 Å². The summed E-state index contributed by atoms with van der Waals surface area (Å²) in [5.74, 6) is 1.24. The van der Waals surface area contributed by atoms with Gasteiger partial charge in [0.05, 0.1) is 21.5 Å². The van der Waals surface area contributed by atoms with Crippen LogP contribution in [0, 0.1) is 0 Å². The number of rotatable bonds is 6. The minimum Gasteiger partial charge on any atom is -0.452 e. The van der Waals surface area contributed by atoms with E-state index in [2.05, 4.69) is 15.4 Å². The van der Waals surface area contributed by atoms with E-state index in [0.717, 1.165) is 11.5 Å². The second-order valence-corrected chi connectivity index (χ2v) is 9.48. The van der Waals surface area contributed by atoms with Crippen LogP contribution in [0.5, 0.6) is 0 Å². The summed E-state index contributed by atoms with van der Waals surface area (Å²) < 4.78 is 7.07. The maximum Gasteiger partial charge on any atom is 0.338 e. The quantitative estimate of drug-likeness (QED) is 0.552. The first kappa shape index (κ1) is 20.8. The molecule has 1 fully saturated rings. The van der Waals surface area contributed by atoms with Crippen molar-refractivity contribution in [3.63, 3.8) is 0 Å². The van der Waals surface area contributed by atoms with Gasteiger partial charge in [-0.15, -0.1) is 23.5 Å². The second kappa shape index (κ2) is 9.55. The van der Waals surface area contributed by atoms with Crippen LogP contribution in [0.4, 0.5) is 5.69 Å². The number of benzene rings is 2. The van der Waals surface area contributed by atoms with Crippen molar-refractivity contribution in [3.8, 4) is 5.69 Å². The van der Waals surface area contributed by atoms with E-state index in [1.807, 2.05) is 35.7 Å². The zero-order chi connectivity index (χ0) is 20.9. The monoisotopic (exact) mass is 460 g/mol. The van der Waals surface area contributed by atoms with E-state index in [1.165, 1.54) is 22.9 Å². The Hall–Kier alpha value is -2.49. The summed E-state index contributed by atoms with van der Waals surface area (Å²) >= 11 is 9.84. The Morgan fingerprint density at radius 2 is 1.93 bits per heavy atom. The third-order valence-electron chi connectivity index (χ3n) is 4.27. The molecule has 10 heteroatoms. The van der Waals surface area contributed by atoms with Crippen molar-refractivity contribution in [1.82, 2.24) is 14.8 Å². The van der Waals surface area contributed by atoms with Gasteiger partial charge in [-0.1, -0.05) is 23.7 Å². The summed E-state index contributed by atoms with van der Waals surface area (Å²) in [6.07, 6.45) is 2.89. The van der Waals surface area contributed by atoms with Crippen molar-refractivity contribution in [3.05, 3.63) is 71.3 Å². The molecule has 1 aromatic heterocycles. The zero-order valence-corrected chi connectivity index (χ0v) is 18.0. The van der Waals surface area contributed by atoms with E-state index in [4.69, 9.17) is 16.3 Å². The molecule has 154 valence electrons. The number of thioether (sulfide) groups is 2. The minimum absolute atomic E-state index is 0.408. The zero-order valence-electron chi connectivity index (χ0n) is 15.7. The largest absolute Gasteiger partial charge is 0.452 e. The molecular formula is C20H17ClN4O3S2. The van der Waals surface area contributed by atoms with E-state index in [-0.39, 0.29) is 0 Å². The fourth-order valence-corrected chi connectivity index (χ4v) is 5.90. The van der Waals surface area contributed by atoms with Crippen molar-refractivity contribution in [2.45, 2.75) is 4.58 Å². The fraction of sp³-hybridized carbons (Fsp3) is 0.200. The third kappa shape index (κ3) is 4.97. The molecule has 0 atom stereocenters. The summed E-state index contributed by atoms with van der Waals surface area (Å²) in [5, 5.41) is 7.20. The second-order valence-electron chi connectivity index (χ2n) is 6.32. The third-order valence-corrected chi connectivity index (χ3v) is 7.61. The molecular weight excluding hydrogens is 444 g/mol. The number of aromatic nitrogens is 3. The highest BCUT2D eigenvalue weighted by molar-refractivity contribution is 8.19. The summed E-state index contributed by atoms with van der Waals surface area (Å²) in [6, 6.07) is 12.3. The summed E-state index contributed by atoms with van der Waals surface area (Å²) in [7, 11) is 0. The molecule has 0 aliphatic carbocycles. The number of hydrogen-bond donors (Lipinski definition) is 1. The molecule has 0 bridgehead atoms. The minimum atomic E-state index is -0.550. The van der Waals surface area contributed by atoms with Gasteiger partial charge in [0.15, 0.2) is 6.61 Å². The van der Waals surface area contributed by atoms with E-state index in [9.17, 15) is 9.59 Å². The number of halogens is 1. The lowest BCUT2D eigenvalue weighted by Crippen LogP contribution is -2.21. The molecule has 4 rings (SSSR count). The number of hydrogen-bond acceptors (Lipinski definition) is 7. The van der Waals surface area contributed by atoms with Gasteiger partial charge in [-0.05, 0) is 35.9 Å². The van der Waals surface area contributed by atoms with Gasteiger partial charge in [0, 0.05) is 16.5 Å². The van der Waals surface area contributed by atoms with Gasteiger partial charge >= 0.3 is 5.97 Å². The highest BCUT2D eigenvalue weighted by Crippen LogP contribution is 2.45. The van der Waals surface area contributed by atoms with Gasteiger partial charge in [0.2, 0.25) is 0 Å². The maximum absolute atomic E-state index is 12.3. The Kier molecular flexibility index (Phi) is 6.61. The highest BCUT2D eigenvalue weighted by atomic mass is 35.5. The van der Waals surface area contributed by atoms with E-state index < -0.39 is 18.5 Å². The van der Waals surface area contributed by atoms with Crippen LogP contribution in [0.2, 0.25) is 5.02 Å². The normalized spacial score (nSPS) is 13.9. The van der Waals surface area contributed by atoms with Crippen molar-refractivity contribution < 1.29 is 14.3 Å². The fourth-order valence-electron chi connectivity index (χ4n) is 2.87.